The van der Waals surface area contributed by atoms with Crippen molar-refractivity contribution >= 4 is 51.9 Å². The number of likely N-dealkylation sites (N-methyl/N-ethyl adjacent to an activating group) is 1. The van der Waals surface area contributed by atoms with Crippen molar-refractivity contribution in [2.24, 2.45) is 0 Å². The van der Waals surface area contributed by atoms with Crippen LogP contribution < -0.4 is 15.1 Å². The molecular weight excluding hydrogens is 385 g/mol. The Kier molecular flexibility index (Phi) is 4.86. The summed E-state index contributed by atoms with van der Waals surface area (Å²) in [4.78, 5) is 3.88. The normalized spacial score (nSPS) is 24.2. The molecule has 1 saturated heterocycles. The monoisotopic (exact) mass is 406 g/mol. The van der Waals surface area contributed by atoms with Gasteiger partial charge in [0.05, 0.1) is 42.8 Å². The molecule has 26 heavy (non-hydrogen) atoms. The number of nitrogens with zero attached hydrogens (tertiary/aromatic N) is 1. The van der Waals surface area contributed by atoms with Crippen LogP contribution in [0.25, 0.3) is 0 Å². The molecule has 0 amide bonds. The van der Waals surface area contributed by atoms with Crippen LogP contribution in [0.15, 0.2) is 36.4 Å². The van der Waals surface area contributed by atoms with Gasteiger partial charge in [-0.05, 0) is 49.0 Å². The van der Waals surface area contributed by atoms with Gasteiger partial charge in [0.1, 0.15) is 0 Å². The molecule has 2 aliphatic heterocycles. The van der Waals surface area contributed by atoms with Gasteiger partial charge in [-0.25, -0.2) is 0 Å². The molecular formula is C20H22Cl2N3S+. The molecule has 0 saturated carbocycles. The summed E-state index contributed by atoms with van der Waals surface area (Å²) in [6, 6.07) is 12.5. The van der Waals surface area contributed by atoms with Crippen molar-refractivity contribution in [3.8, 4) is 0 Å². The lowest BCUT2D eigenvalue weighted by molar-refractivity contribution is -0.886. The zero-order chi connectivity index (χ0) is 18.4. The van der Waals surface area contributed by atoms with E-state index >= 15 is 0 Å². The number of anilines is 2. The average Bonchev–Trinajstić information content (AvgIpc) is 2.90. The van der Waals surface area contributed by atoms with E-state index in [1.54, 1.807) is 11.0 Å². The smallest absolute Gasteiger partial charge is 0.178 e. The van der Waals surface area contributed by atoms with E-state index in [1.807, 2.05) is 12.1 Å². The Labute approximate surface area is 169 Å². The van der Waals surface area contributed by atoms with Crippen LogP contribution in [-0.2, 0) is 0 Å². The van der Waals surface area contributed by atoms with Gasteiger partial charge in [-0.2, -0.15) is 0 Å². The molecule has 2 aromatic rings. The molecule has 1 fully saturated rings. The maximum atomic E-state index is 6.33. The fraction of sp³-hybridized carbons (Fsp3) is 0.350. The highest BCUT2D eigenvalue weighted by atomic mass is 35.5. The number of nitrogens with one attached hydrogen (secondary N) is 2. The first kappa shape index (κ1) is 18.1. The van der Waals surface area contributed by atoms with Crippen molar-refractivity contribution in [1.29, 1.82) is 0 Å². The lowest BCUT2D eigenvalue weighted by Crippen LogP contribution is -3.11. The number of hydrogen-bond donors (Lipinski definition) is 2. The number of hydrogen-bond acceptors (Lipinski definition) is 1. The van der Waals surface area contributed by atoms with Crippen LogP contribution >= 0.6 is 35.4 Å². The van der Waals surface area contributed by atoms with Crippen LogP contribution in [0.1, 0.15) is 23.5 Å². The van der Waals surface area contributed by atoms with Crippen molar-refractivity contribution in [2.75, 3.05) is 30.4 Å². The summed E-state index contributed by atoms with van der Waals surface area (Å²) in [6.45, 7) is 4.46. The highest BCUT2D eigenvalue weighted by Crippen LogP contribution is 2.43. The molecule has 4 rings (SSSR count). The molecule has 2 heterocycles. The van der Waals surface area contributed by atoms with Crippen LogP contribution in [0.4, 0.5) is 11.4 Å². The van der Waals surface area contributed by atoms with Gasteiger partial charge in [-0.3, -0.25) is 0 Å². The van der Waals surface area contributed by atoms with E-state index in [4.69, 9.17) is 35.4 Å². The van der Waals surface area contributed by atoms with Crippen LogP contribution in [0.5, 0.6) is 0 Å². The number of rotatable bonds is 1. The Hall–Kier alpha value is -1.33. The molecule has 2 aromatic carbocycles. The van der Waals surface area contributed by atoms with Crippen molar-refractivity contribution in [3.05, 3.63) is 57.6 Å². The minimum absolute atomic E-state index is 0.404. The van der Waals surface area contributed by atoms with E-state index in [0.29, 0.717) is 27.1 Å². The Balaban J connectivity index is 1.68. The second-order valence-corrected chi connectivity index (χ2v) is 8.59. The molecule has 3 nitrogen and oxygen atoms in total. The fourth-order valence-electron chi connectivity index (χ4n) is 4.23. The molecule has 0 aromatic heterocycles. The zero-order valence-electron chi connectivity index (χ0n) is 14.9. The number of halogens is 2. The zero-order valence-corrected chi connectivity index (χ0v) is 17.2. The predicted molar refractivity (Wildman–Crippen MR) is 114 cm³/mol. The van der Waals surface area contributed by atoms with E-state index < -0.39 is 0 Å². The summed E-state index contributed by atoms with van der Waals surface area (Å²) in [5.74, 6) is 0.513. The number of fused-ring (bicyclic) bond motifs is 3. The molecule has 0 radical (unpaired) electrons. The second-order valence-electron chi connectivity index (χ2n) is 7.36. The Morgan fingerprint density at radius 3 is 2.81 bits per heavy atom. The van der Waals surface area contributed by atoms with Gasteiger partial charge in [-0.1, -0.05) is 40.9 Å². The molecule has 136 valence electrons. The first-order valence-corrected chi connectivity index (χ1v) is 10.1. The summed E-state index contributed by atoms with van der Waals surface area (Å²) in [5.41, 5.74) is 4.73. The Bertz CT molecular complexity index is 870. The van der Waals surface area contributed by atoms with Crippen LogP contribution in [-0.4, -0.2) is 31.3 Å². The number of quaternary nitrogens is 1. The first-order valence-electron chi connectivity index (χ1n) is 8.91. The molecule has 2 aliphatic rings. The van der Waals surface area contributed by atoms with Crippen LogP contribution in [0.2, 0.25) is 10.0 Å². The molecule has 3 atom stereocenters. The third kappa shape index (κ3) is 3.20. The van der Waals surface area contributed by atoms with Crippen LogP contribution in [0.3, 0.4) is 0 Å². The Morgan fingerprint density at radius 1 is 1.23 bits per heavy atom. The SMILES string of the molecule is Cc1ccc2c(c1)[C@@H]1C[NH+](C)CC[C@@H]1N2C(=S)Nc1ccc(Cl)cc1Cl. The standard InChI is InChI=1S/C20H21Cl2N3S/c1-12-3-6-18-14(9-12)15-11-24(2)8-7-19(15)25(18)20(26)23-17-5-4-13(21)10-16(17)22/h3-6,9-10,15,19H,7-8,11H2,1-2H3,(H,23,26)/p+1/t15-,19-/m0/s1. The van der Waals surface area contributed by atoms with Gasteiger partial charge in [0.2, 0.25) is 0 Å². The van der Waals surface area contributed by atoms with E-state index in [0.717, 1.165) is 25.2 Å². The highest BCUT2D eigenvalue weighted by molar-refractivity contribution is 7.80. The van der Waals surface area contributed by atoms with E-state index in [2.05, 4.69) is 42.4 Å². The van der Waals surface area contributed by atoms with Crippen molar-refractivity contribution in [2.45, 2.75) is 25.3 Å². The summed E-state index contributed by atoms with van der Waals surface area (Å²) in [7, 11) is 2.28. The van der Waals surface area contributed by atoms with E-state index in [9.17, 15) is 0 Å². The maximum absolute atomic E-state index is 6.33. The molecule has 2 N–H and O–H groups in total. The summed E-state index contributed by atoms with van der Waals surface area (Å²) in [6.07, 6.45) is 1.13. The minimum Gasteiger partial charge on any atom is -0.337 e. The fourth-order valence-corrected chi connectivity index (χ4v) is 5.03. The van der Waals surface area contributed by atoms with Gasteiger partial charge >= 0.3 is 0 Å². The van der Waals surface area contributed by atoms with Crippen molar-refractivity contribution in [1.82, 2.24) is 0 Å². The molecule has 1 unspecified atom stereocenters. The third-order valence-electron chi connectivity index (χ3n) is 5.46. The van der Waals surface area contributed by atoms with Gasteiger partial charge in [0.25, 0.3) is 0 Å². The van der Waals surface area contributed by atoms with Crippen molar-refractivity contribution in [3.63, 3.8) is 0 Å². The number of likely N-dealkylation sites (tertiary alicyclic amines) is 1. The lowest BCUT2D eigenvalue weighted by Gasteiger charge is -2.35. The van der Waals surface area contributed by atoms with Crippen molar-refractivity contribution < 1.29 is 4.90 Å². The molecule has 0 aliphatic carbocycles. The van der Waals surface area contributed by atoms with Gasteiger partial charge in [-0.15, -0.1) is 0 Å². The summed E-state index contributed by atoms with van der Waals surface area (Å²) < 4.78 is 0. The summed E-state index contributed by atoms with van der Waals surface area (Å²) >= 11 is 18.2. The highest BCUT2D eigenvalue weighted by Gasteiger charge is 2.44. The van der Waals surface area contributed by atoms with E-state index in [1.165, 1.54) is 16.8 Å². The van der Waals surface area contributed by atoms with Gasteiger partial charge in [0.15, 0.2) is 5.11 Å². The largest absolute Gasteiger partial charge is 0.337 e. The maximum Gasteiger partial charge on any atom is 0.178 e. The molecule has 0 bridgehead atoms. The first-order chi connectivity index (χ1) is 12.4. The topological polar surface area (TPSA) is 19.7 Å². The van der Waals surface area contributed by atoms with Gasteiger partial charge < -0.3 is 15.1 Å². The minimum atomic E-state index is 0.404. The third-order valence-corrected chi connectivity index (χ3v) is 6.31. The van der Waals surface area contributed by atoms with E-state index in [-0.39, 0.29) is 0 Å². The predicted octanol–water partition coefficient (Wildman–Crippen LogP) is 3.89. The van der Waals surface area contributed by atoms with Gasteiger partial charge in [0, 0.05) is 17.1 Å². The number of benzene rings is 2. The second kappa shape index (κ2) is 7.01. The number of aryl methyl sites for hydroxylation is 1. The molecule has 6 heteroatoms. The lowest BCUT2D eigenvalue weighted by atomic mass is 9.89. The van der Waals surface area contributed by atoms with Crippen LogP contribution in [0, 0.1) is 6.92 Å². The number of thiocarbonyl (C=S) groups is 1. The summed E-state index contributed by atoms with van der Waals surface area (Å²) in [5, 5.41) is 5.23. The molecule has 0 spiro atoms. The average molecular weight is 407 g/mol. The Morgan fingerprint density at radius 2 is 2.04 bits per heavy atom. The quantitative estimate of drug-likeness (QED) is 0.700. The number of piperidine rings is 1.